The third-order valence-electron chi connectivity index (χ3n) is 5.03. The molecule has 1 saturated heterocycles. The van der Waals surface area contributed by atoms with Crippen LogP contribution in [0.15, 0.2) is 0 Å². The second kappa shape index (κ2) is 8.51. The predicted molar refractivity (Wildman–Crippen MR) is 87.5 cm³/mol. The summed E-state index contributed by atoms with van der Waals surface area (Å²) in [6.45, 7) is 7.71. The molecule has 1 aliphatic heterocycles. The summed E-state index contributed by atoms with van der Waals surface area (Å²) in [5, 5.41) is 3.00. The molecule has 22 heavy (non-hydrogen) atoms. The van der Waals surface area contributed by atoms with Gasteiger partial charge in [-0.05, 0) is 26.2 Å². The molecule has 1 unspecified atom stereocenters. The van der Waals surface area contributed by atoms with Crippen LogP contribution in [0.5, 0.6) is 0 Å². The first kappa shape index (κ1) is 17.3. The number of piperazine rings is 1. The molecular weight excluding hydrogens is 278 g/mol. The second-order valence-corrected chi connectivity index (χ2v) is 6.81. The molecule has 2 aliphatic rings. The van der Waals surface area contributed by atoms with Crippen LogP contribution in [0.1, 0.15) is 52.4 Å². The molecule has 1 N–H and O–H groups in total. The third-order valence-corrected chi connectivity index (χ3v) is 5.03. The molecular formula is C17H31N3O2. The van der Waals surface area contributed by atoms with E-state index < -0.39 is 0 Å². The lowest BCUT2D eigenvalue weighted by Gasteiger charge is -2.37. The number of amides is 2. The van der Waals surface area contributed by atoms with E-state index in [1.165, 1.54) is 19.3 Å². The van der Waals surface area contributed by atoms with E-state index in [-0.39, 0.29) is 17.9 Å². The van der Waals surface area contributed by atoms with Gasteiger partial charge in [-0.1, -0.05) is 26.2 Å². The zero-order chi connectivity index (χ0) is 15.9. The van der Waals surface area contributed by atoms with Crippen molar-refractivity contribution in [1.29, 1.82) is 0 Å². The van der Waals surface area contributed by atoms with Crippen LogP contribution in [0, 0.1) is 5.92 Å². The molecule has 1 saturated carbocycles. The highest BCUT2D eigenvalue weighted by Crippen LogP contribution is 2.25. The van der Waals surface area contributed by atoms with Gasteiger partial charge in [0.1, 0.15) is 0 Å². The van der Waals surface area contributed by atoms with Crippen molar-refractivity contribution in [3.05, 3.63) is 0 Å². The first-order valence-corrected chi connectivity index (χ1v) is 8.90. The van der Waals surface area contributed by atoms with Crippen molar-refractivity contribution in [2.75, 3.05) is 32.7 Å². The van der Waals surface area contributed by atoms with Crippen molar-refractivity contribution < 1.29 is 9.59 Å². The molecule has 0 radical (unpaired) electrons. The quantitative estimate of drug-likeness (QED) is 0.840. The summed E-state index contributed by atoms with van der Waals surface area (Å²) >= 11 is 0. The normalized spacial score (nSPS) is 22.4. The van der Waals surface area contributed by atoms with Crippen molar-refractivity contribution in [3.8, 4) is 0 Å². The first-order valence-electron chi connectivity index (χ1n) is 8.90. The van der Waals surface area contributed by atoms with Crippen LogP contribution in [0.3, 0.4) is 0 Å². The minimum Gasteiger partial charge on any atom is -0.353 e. The van der Waals surface area contributed by atoms with Gasteiger partial charge in [0, 0.05) is 38.1 Å². The molecule has 0 bridgehead atoms. The lowest BCUT2D eigenvalue weighted by molar-refractivity contribution is -0.138. The highest BCUT2D eigenvalue weighted by atomic mass is 16.2. The fourth-order valence-electron chi connectivity index (χ4n) is 3.36. The number of nitrogens with one attached hydrogen (secondary N) is 1. The molecule has 0 aromatic carbocycles. The van der Waals surface area contributed by atoms with Crippen LogP contribution in [0.25, 0.3) is 0 Å². The standard InChI is InChI=1S/C17H31N3O2/c1-3-14(2)18-16(21)13-19-9-11-20(12-10-19)17(22)15-7-5-4-6-8-15/h14-15H,3-13H2,1-2H3,(H,18,21). The summed E-state index contributed by atoms with van der Waals surface area (Å²) in [6.07, 6.45) is 6.77. The number of rotatable bonds is 5. The van der Waals surface area contributed by atoms with Crippen molar-refractivity contribution in [3.63, 3.8) is 0 Å². The van der Waals surface area contributed by atoms with Gasteiger partial charge in [0.15, 0.2) is 0 Å². The highest BCUT2D eigenvalue weighted by molar-refractivity contribution is 5.79. The Labute approximate surface area is 134 Å². The first-order chi connectivity index (χ1) is 10.6. The van der Waals surface area contributed by atoms with Crippen molar-refractivity contribution in [2.45, 2.75) is 58.4 Å². The SMILES string of the molecule is CCC(C)NC(=O)CN1CCN(C(=O)C2CCCCC2)CC1. The van der Waals surface area contributed by atoms with Crippen LogP contribution in [-0.2, 0) is 9.59 Å². The summed E-state index contributed by atoms with van der Waals surface area (Å²) in [7, 11) is 0. The van der Waals surface area contributed by atoms with Crippen LogP contribution >= 0.6 is 0 Å². The number of hydrogen-bond acceptors (Lipinski definition) is 3. The van der Waals surface area contributed by atoms with Gasteiger partial charge in [0.2, 0.25) is 11.8 Å². The number of hydrogen-bond donors (Lipinski definition) is 1. The van der Waals surface area contributed by atoms with E-state index in [2.05, 4.69) is 17.1 Å². The zero-order valence-corrected chi connectivity index (χ0v) is 14.1. The summed E-state index contributed by atoms with van der Waals surface area (Å²) in [5.41, 5.74) is 0. The zero-order valence-electron chi connectivity index (χ0n) is 14.1. The van der Waals surface area contributed by atoms with Gasteiger partial charge in [-0.2, -0.15) is 0 Å². The smallest absolute Gasteiger partial charge is 0.234 e. The van der Waals surface area contributed by atoms with E-state index >= 15 is 0 Å². The van der Waals surface area contributed by atoms with Gasteiger partial charge >= 0.3 is 0 Å². The molecule has 1 heterocycles. The van der Waals surface area contributed by atoms with E-state index in [1.807, 2.05) is 11.8 Å². The monoisotopic (exact) mass is 309 g/mol. The maximum Gasteiger partial charge on any atom is 0.234 e. The number of nitrogens with zero attached hydrogens (tertiary/aromatic N) is 2. The minimum absolute atomic E-state index is 0.0985. The molecule has 1 atom stereocenters. The van der Waals surface area contributed by atoms with Gasteiger partial charge in [0.05, 0.1) is 6.54 Å². The van der Waals surface area contributed by atoms with Crippen molar-refractivity contribution in [1.82, 2.24) is 15.1 Å². The minimum atomic E-state index is 0.0985. The van der Waals surface area contributed by atoms with Gasteiger partial charge in [0.25, 0.3) is 0 Å². The van der Waals surface area contributed by atoms with Gasteiger partial charge in [-0.3, -0.25) is 14.5 Å². The maximum absolute atomic E-state index is 12.5. The average Bonchev–Trinajstić information content (AvgIpc) is 2.55. The number of carbonyl (C=O) groups is 2. The molecule has 2 rings (SSSR count). The molecule has 5 nitrogen and oxygen atoms in total. The summed E-state index contributed by atoms with van der Waals surface area (Å²) < 4.78 is 0. The second-order valence-electron chi connectivity index (χ2n) is 6.81. The number of carbonyl (C=O) groups excluding carboxylic acids is 2. The Balaban J connectivity index is 1.71. The van der Waals surface area contributed by atoms with Gasteiger partial charge < -0.3 is 10.2 Å². The Morgan fingerprint density at radius 2 is 1.73 bits per heavy atom. The molecule has 0 spiro atoms. The summed E-state index contributed by atoms with van der Waals surface area (Å²) in [5.74, 6) is 0.707. The van der Waals surface area contributed by atoms with E-state index in [4.69, 9.17) is 0 Å². The Hall–Kier alpha value is -1.10. The van der Waals surface area contributed by atoms with Gasteiger partial charge in [-0.25, -0.2) is 0 Å². The topological polar surface area (TPSA) is 52.7 Å². The lowest BCUT2D eigenvalue weighted by atomic mass is 9.88. The largest absolute Gasteiger partial charge is 0.353 e. The molecule has 2 fully saturated rings. The third kappa shape index (κ3) is 4.97. The van der Waals surface area contributed by atoms with Crippen LogP contribution in [-0.4, -0.2) is 60.4 Å². The summed E-state index contributed by atoms with van der Waals surface area (Å²) in [6, 6.07) is 0.238. The Morgan fingerprint density at radius 1 is 1.09 bits per heavy atom. The Morgan fingerprint density at radius 3 is 2.32 bits per heavy atom. The van der Waals surface area contributed by atoms with Crippen molar-refractivity contribution >= 4 is 11.8 Å². The highest BCUT2D eigenvalue weighted by Gasteiger charge is 2.28. The van der Waals surface area contributed by atoms with E-state index in [1.54, 1.807) is 0 Å². The fraction of sp³-hybridized carbons (Fsp3) is 0.882. The van der Waals surface area contributed by atoms with Crippen LogP contribution in [0.4, 0.5) is 0 Å². The molecule has 5 heteroatoms. The van der Waals surface area contributed by atoms with Crippen molar-refractivity contribution in [2.24, 2.45) is 5.92 Å². The molecule has 0 aromatic rings. The predicted octanol–water partition coefficient (Wildman–Crippen LogP) is 1.63. The molecule has 1 aliphatic carbocycles. The Bertz CT molecular complexity index is 372. The Kier molecular flexibility index (Phi) is 6.68. The fourth-order valence-corrected chi connectivity index (χ4v) is 3.36. The van der Waals surface area contributed by atoms with Crippen LogP contribution < -0.4 is 5.32 Å². The lowest BCUT2D eigenvalue weighted by Crippen LogP contribution is -2.52. The molecule has 126 valence electrons. The average molecular weight is 309 g/mol. The van der Waals surface area contributed by atoms with E-state index in [0.717, 1.165) is 45.4 Å². The van der Waals surface area contributed by atoms with E-state index in [0.29, 0.717) is 12.5 Å². The van der Waals surface area contributed by atoms with E-state index in [9.17, 15) is 9.59 Å². The molecule has 0 aromatic heterocycles. The van der Waals surface area contributed by atoms with Gasteiger partial charge in [-0.15, -0.1) is 0 Å². The summed E-state index contributed by atoms with van der Waals surface area (Å²) in [4.78, 5) is 28.6. The molecule has 2 amide bonds. The maximum atomic E-state index is 12.5. The van der Waals surface area contributed by atoms with Crippen LogP contribution in [0.2, 0.25) is 0 Å².